The number of carbonyl (C=O) groups is 1. The van der Waals surface area contributed by atoms with E-state index in [1.165, 1.54) is 24.9 Å². The van der Waals surface area contributed by atoms with Crippen molar-refractivity contribution in [1.82, 2.24) is 10.3 Å². The van der Waals surface area contributed by atoms with Gasteiger partial charge in [0.2, 0.25) is 5.91 Å². The number of halogens is 2. The molecule has 0 unspecified atom stereocenters. The van der Waals surface area contributed by atoms with Gasteiger partial charge in [0, 0.05) is 12.7 Å². The molecule has 1 amide bonds. The zero-order chi connectivity index (χ0) is 17.4. The lowest BCUT2D eigenvalue weighted by Crippen LogP contribution is -2.24. The van der Waals surface area contributed by atoms with Gasteiger partial charge in [-0.05, 0) is 29.8 Å². The Bertz CT molecular complexity index is 672. The molecule has 2 rings (SSSR count). The third kappa shape index (κ3) is 5.69. The smallest absolute Gasteiger partial charge is 0.387 e. The van der Waals surface area contributed by atoms with Gasteiger partial charge in [0.1, 0.15) is 0 Å². The molecule has 1 aromatic carbocycles. The van der Waals surface area contributed by atoms with Gasteiger partial charge < -0.3 is 14.8 Å². The topological polar surface area (TPSA) is 60.5 Å². The molecule has 0 fully saturated rings. The lowest BCUT2D eigenvalue weighted by molar-refractivity contribution is -0.118. The minimum absolute atomic E-state index is 0.0479. The number of rotatable bonds is 8. The fourth-order valence-corrected chi connectivity index (χ4v) is 2.53. The summed E-state index contributed by atoms with van der Waals surface area (Å²) in [6, 6.07) is 10.00. The van der Waals surface area contributed by atoms with E-state index in [2.05, 4.69) is 15.0 Å². The van der Waals surface area contributed by atoms with Crippen molar-refractivity contribution >= 4 is 17.7 Å². The Labute approximate surface area is 142 Å². The standard InChI is InChI=1S/C16H16F2N2O3S/c1-22-13-8-11(5-6-12(13)23-16(17)18)9-20-14(21)10-24-15-4-2-3-7-19-15/h2-8,16H,9-10H2,1H3,(H,20,21). The fraction of sp³-hybridized carbons (Fsp3) is 0.250. The predicted molar refractivity (Wildman–Crippen MR) is 86.4 cm³/mol. The molecule has 0 atom stereocenters. The van der Waals surface area contributed by atoms with Crippen molar-refractivity contribution in [2.45, 2.75) is 18.2 Å². The molecule has 0 radical (unpaired) electrons. The lowest BCUT2D eigenvalue weighted by atomic mass is 10.2. The number of ether oxygens (including phenoxy) is 2. The van der Waals surface area contributed by atoms with Crippen LogP contribution in [0.5, 0.6) is 11.5 Å². The van der Waals surface area contributed by atoms with Gasteiger partial charge in [0.25, 0.3) is 0 Å². The van der Waals surface area contributed by atoms with Gasteiger partial charge in [-0.2, -0.15) is 8.78 Å². The second-order valence-electron chi connectivity index (χ2n) is 4.60. The molecule has 1 aromatic heterocycles. The van der Waals surface area contributed by atoms with E-state index in [0.29, 0.717) is 5.56 Å². The molecule has 8 heteroatoms. The van der Waals surface area contributed by atoms with Crippen LogP contribution in [-0.2, 0) is 11.3 Å². The Kier molecular flexibility index (Phi) is 6.80. The van der Waals surface area contributed by atoms with Crippen LogP contribution in [0.4, 0.5) is 8.78 Å². The van der Waals surface area contributed by atoms with Crippen LogP contribution in [0.25, 0.3) is 0 Å². The van der Waals surface area contributed by atoms with E-state index in [1.807, 2.05) is 12.1 Å². The van der Waals surface area contributed by atoms with E-state index in [9.17, 15) is 13.6 Å². The Balaban J connectivity index is 1.86. The van der Waals surface area contributed by atoms with E-state index in [-0.39, 0.29) is 29.7 Å². The van der Waals surface area contributed by atoms with Crippen LogP contribution >= 0.6 is 11.8 Å². The van der Waals surface area contributed by atoms with Gasteiger partial charge in [-0.1, -0.05) is 23.9 Å². The molecule has 5 nitrogen and oxygen atoms in total. The second kappa shape index (κ2) is 9.07. The van der Waals surface area contributed by atoms with Gasteiger partial charge in [0.15, 0.2) is 11.5 Å². The normalized spacial score (nSPS) is 10.5. The zero-order valence-corrected chi connectivity index (χ0v) is 13.7. The van der Waals surface area contributed by atoms with Gasteiger partial charge in [-0.25, -0.2) is 4.98 Å². The number of alkyl halides is 2. The number of benzene rings is 1. The third-order valence-electron chi connectivity index (χ3n) is 2.92. The number of methoxy groups -OCH3 is 1. The number of nitrogens with zero attached hydrogens (tertiary/aromatic N) is 1. The summed E-state index contributed by atoms with van der Waals surface area (Å²) in [5.74, 6) is 0.219. The number of amides is 1. The van der Waals surface area contributed by atoms with Crippen LogP contribution in [0.2, 0.25) is 0 Å². The van der Waals surface area contributed by atoms with Crippen molar-refractivity contribution < 1.29 is 23.0 Å². The van der Waals surface area contributed by atoms with Gasteiger partial charge >= 0.3 is 6.61 Å². The summed E-state index contributed by atoms with van der Waals surface area (Å²) in [6.07, 6.45) is 1.66. The van der Waals surface area contributed by atoms with Crippen LogP contribution in [0, 0.1) is 0 Å². The van der Waals surface area contributed by atoms with Crippen molar-refractivity contribution in [2.24, 2.45) is 0 Å². The number of thioether (sulfide) groups is 1. The highest BCUT2D eigenvalue weighted by atomic mass is 32.2. The highest BCUT2D eigenvalue weighted by molar-refractivity contribution is 7.99. The summed E-state index contributed by atoms with van der Waals surface area (Å²) in [5.41, 5.74) is 0.713. The Morgan fingerprint density at radius 1 is 1.29 bits per heavy atom. The quantitative estimate of drug-likeness (QED) is 0.738. The summed E-state index contributed by atoms with van der Waals surface area (Å²) in [6.45, 7) is -2.67. The summed E-state index contributed by atoms with van der Waals surface area (Å²) in [5, 5.41) is 3.52. The van der Waals surface area contributed by atoms with Crippen molar-refractivity contribution in [2.75, 3.05) is 12.9 Å². The molecular formula is C16H16F2N2O3S. The molecule has 0 aliphatic heterocycles. The number of pyridine rings is 1. The fourth-order valence-electron chi connectivity index (χ4n) is 1.84. The van der Waals surface area contributed by atoms with Crippen LogP contribution in [0.3, 0.4) is 0 Å². The first kappa shape index (κ1) is 18.0. The Hall–Kier alpha value is -2.35. The number of hydrogen-bond donors (Lipinski definition) is 1. The highest BCUT2D eigenvalue weighted by Gasteiger charge is 2.11. The van der Waals surface area contributed by atoms with Crippen molar-refractivity contribution in [3.8, 4) is 11.5 Å². The average Bonchev–Trinajstić information content (AvgIpc) is 2.59. The molecule has 0 aliphatic rings. The average molecular weight is 354 g/mol. The van der Waals surface area contributed by atoms with E-state index >= 15 is 0 Å². The van der Waals surface area contributed by atoms with Gasteiger partial charge in [-0.3, -0.25) is 4.79 Å². The van der Waals surface area contributed by atoms with Crippen LogP contribution in [0.15, 0.2) is 47.6 Å². The third-order valence-corrected chi connectivity index (χ3v) is 3.87. The maximum absolute atomic E-state index is 12.3. The first-order valence-electron chi connectivity index (χ1n) is 7.00. The molecule has 0 bridgehead atoms. The predicted octanol–water partition coefficient (Wildman–Crippen LogP) is 3.10. The molecule has 2 aromatic rings. The number of aromatic nitrogens is 1. The maximum atomic E-state index is 12.3. The number of hydrogen-bond acceptors (Lipinski definition) is 5. The molecule has 0 saturated heterocycles. The Morgan fingerprint density at radius 3 is 2.79 bits per heavy atom. The highest BCUT2D eigenvalue weighted by Crippen LogP contribution is 2.29. The number of nitrogens with one attached hydrogen (secondary N) is 1. The molecule has 0 aliphatic carbocycles. The minimum atomic E-state index is -2.92. The summed E-state index contributed by atoms with van der Waals surface area (Å²) in [4.78, 5) is 16.0. The molecule has 24 heavy (non-hydrogen) atoms. The SMILES string of the molecule is COc1cc(CNC(=O)CSc2ccccn2)ccc1OC(F)F. The first-order valence-corrected chi connectivity index (χ1v) is 7.99. The van der Waals surface area contributed by atoms with Crippen LogP contribution in [0.1, 0.15) is 5.56 Å². The molecule has 0 spiro atoms. The van der Waals surface area contributed by atoms with Crippen LogP contribution < -0.4 is 14.8 Å². The summed E-state index contributed by atoms with van der Waals surface area (Å²) < 4.78 is 33.9. The first-order chi connectivity index (χ1) is 11.6. The second-order valence-corrected chi connectivity index (χ2v) is 5.59. The van der Waals surface area contributed by atoms with E-state index < -0.39 is 6.61 Å². The van der Waals surface area contributed by atoms with Crippen LogP contribution in [-0.4, -0.2) is 30.4 Å². The molecular weight excluding hydrogens is 338 g/mol. The van der Waals surface area contributed by atoms with Crippen molar-refractivity contribution in [3.63, 3.8) is 0 Å². The summed E-state index contributed by atoms with van der Waals surface area (Å²) in [7, 11) is 1.36. The maximum Gasteiger partial charge on any atom is 0.387 e. The summed E-state index contributed by atoms with van der Waals surface area (Å²) >= 11 is 1.33. The minimum Gasteiger partial charge on any atom is -0.493 e. The largest absolute Gasteiger partial charge is 0.493 e. The van der Waals surface area contributed by atoms with E-state index in [0.717, 1.165) is 5.03 Å². The van der Waals surface area contributed by atoms with E-state index in [1.54, 1.807) is 24.4 Å². The van der Waals surface area contributed by atoms with Crippen molar-refractivity contribution in [1.29, 1.82) is 0 Å². The lowest BCUT2D eigenvalue weighted by Gasteiger charge is -2.12. The van der Waals surface area contributed by atoms with Gasteiger partial charge in [-0.15, -0.1) is 0 Å². The van der Waals surface area contributed by atoms with E-state index in [4.69, 9.17) is 4.74 Å². The molecule has 128 valence electrons. The Morgan fingerprint density at radius 2 is 2.12 bits per heavy atom. The molecule has 0 saturated carbocycles. The zero-order valence-electron chi connectivity index (χ0n) is 12.9. The van der Waals surface area contributed by atoms with Crippen molar-refractivity contribution in [3.05, 3.63) is 48.2 Å². The molecule has 1 N–H and O–H groups in total. The van der Waals surface area contributed by atoms with Gasteiger partial charge in [0.05, 0.1) is 17.9 Å². The molecule has 1 heterocycles. The number of carbonyl (C=O) groups excluding carboxylic acids is 1. The monoisotopic (exact) mass is 354 g/mol.